The summed E-state index contributed by atoms with van der Waals surface area (Å²) < 4.78 is 0. The maximum atomic E-state index is 12.1. The second kappa shape index (κ2) is 6.31. The number of carboxylic acids is 1. The molecule has 1 saturated heterocycles. The Morgan fingerprint density at radius 2 is 2.22 bits per heavy atom. The first-order valence-corrected chi connectivity index (χ1v) is 7.36. The number of carbonyl (C=O) groups excluding carboxylic acids is 1. The van der Waals surface area contributed by atoms with Crippen molar-refractivity contribution in [2.24, 2.45) is 0 Å². The van der Waals surface area contributed by atoms with Crippen molar-refractivity contribution < 1.29 is 14.7 Å². The minimum Gasteiger partial charge on any atom is -0.480 e. The first kappa shape index (κ1) is 15.1. The standard InChI is InChI=1S/C12H22N2O3S/c1-4-5-12(3,10(15)16)13-11(17)14-6-7-18-9(2)8-14/h9H,4-8H2,1-3H3,(H,13,17)(H,15,16). The summed E-state index contributed by atoms with van der Waals surface area (Å²) in [5.74, 6) is -0.0660. The average molecular weight is 274 g/mol. The molecule has 2 atom stereocenters. The lowest BCUT2D eigenvalue weighted by Crippen LogP contribution is -2.57. The van der Waals surface area contributed by atoms with Crippen molar-refractivity contribution in [1.29, 1.82) is 0 Å². The molecular weight excluding hydrogens is 252 g/mol. The molecule has 0 saturated carbocycles. The second-order valence-corrected chi connectivity index (χ2v) is 6.49. The molecule has 1 rings (SSSR count). The molecule has 0 radical (unpaired) electrons. The molecule has 1 aliphatic heterocycles. The van der Waals surface area contributed by atoms with E-state index in [2.05, 4.69) is 12.2 Å². The van der Waals surface area contributed by atoms with E-state index in [-0.39, 0.29) is 6.03 Å². The van der Waals surface area contributed by atoms with Gasteiger partial charge in [0.2, 0.25) is 0 Å². The van der Waals surface area contributed by atoms with Crippen LogP contribution in [0, 0.1) is 0 Å². The number of hydrogen-bond acceptors (Lipinski definition) is 3. The first-order valence-electron chi connectivity index (χ1n) is 6.31. The zero-order valence-electron chi connectivity index (χ0n) is 11.2. The molecule has 0 aromatic carbocycles. The van der Waals surface area contributed by atoms with Crippen LogP contribution in [0.4, 0.5) is 4.79 Å². The summed E-state index contributed by atoms with van der Waals surface area (Å²) in [6.07, 6.45) is 1.15. The van der Waals surface area contributed by atoms with Crippen molar-refractivity contribution in [3.8, 4) is 0 Å². The van der Waals surface area contributed by atoms with E-state index in [1.54, 1.807) is 11.8 Å². The van der Waals surface area contributed by atoms with Crippen LogP contribution in [0.3, 0.4) is 0 Å². The van der Waals surface area contributed by atoms with Gasteiger partial charge in [-0.15, -0.1) is 0 Å². The Balaban J connectivity index is 2.63. The smallest absolute Gasteiger partial charge is 0.329 e. The summed E-state index contributed by atoms with van der Waals surface area (Å²) in [4.78, 5) is 25.0. The lowest BCUT2D eigenvalue weighted by atomic mass is 9.96. The van der Waals surface area contributed by atoms with E-state index in [4.69, 9.17) is 0 Å². The van der Waals surface area contributed by atoms with Gasteiger partial charge in [0.1, 0.15) is 5.54 Å². The van der Waals surface area contributed by atoms with Crippen LogP contribution in [0.1, 0.15) is 33.6 Å². The summed E-state index contributed by atoms with van der Waals surface area (Å²) in [7, 11) is 0. The highest BCUT2D eigenvalue weighted by Gasteiger charge is 2.35. The van der Waals surface area contributed by atoms with Crippen LogP contribution >= 0.6 is 11.8 Å². The van der Waals surface area contributed by atoms with Crippen LogP contribution in [-0.4, -0.2) is 51.6 Å². The molecule has 5 nitrogen and oxygen atoms in total. The molecule has 0 aliphatic carbocycles. The van der Waals surface area contributed by atoms with E-state index in [0.29, 0.717) is 24.8 Å². The van der Waals surface area contributed by atoms with Crippen molar-refractivity contribution in [3.05, 3.63) is 0 Å². The Bertz CT molecular complexity index is 324. The molecule has 104 valence electrons. The number of hydrogen-bond donors (Lipinski definition) is 2. The van der Waals surface area contributed by atoms with Gasteiger partial charge in [-0.3, -0.25) is 0 Å². The van der Waals surface area contributed by atoms with Crippen molar-refractivity contribution in [2.75, 3.05) is 18.8 Å². The van der Waals surface area contributed by atoms with E-state index < -0.39 is 11.5 Å². The molecule has 0 bridgehead atoms. The topological polar surface area (TPSA) is 69.6 Å². The molecule has 0 spiro atoms. The normalized spacial score (nSPS) is 23.3. The zero-order chi connectivity index (χ0) is 13.8. The lowest BCUT2D eigenvalue weighted by Gasteiger charge is -2.34. The predicted octanol–water partition coefficient (Wildman–Crippen LogP) is 1.78. The third-order valence-corrected chi connectivity index (χ3v) is 4.27. The van der Waals surface area contributed by atoms with Crippen LogP contribution in [0.25, 0.3) is 0 Å². The molecule has 0 aromatic rings. The molecule has 0 aromatic heterocycles. The van der Waals surface area contributed by atoms with Crippen molar-refractivity contribution in [2.45, 2.75) is 44.4 Å². The number of amides is 2. The van der Waals surface area contributed by atoms with Crippen molar-refractivity contribution >= 4 is 23.8 Å². The number of rotatable bonds is 4. The van der Waals surface area contributed by atoms with Gasteiger partial charge >= 0.3 is 12.0 Å². The molecule has 2 N–H and O–H groups in total. The van der Waals surface area contributed by atoms with Crippen molar-refractivity contribution in [3.63, 3.8) is 0 Å². The Morgan fingerprint density at radius 1 is 1.56 bits per heavy atom. The molecule has 2 amide bonds. The van der Waals surface area contributed by atoms with Gasteiger partial charge in [0.05, 0.1) is 0 Å². The van der Waals surface area contributed by atoms with Crippen LogP contribution in [0.5, 0.6) is 0 Å². The minimum absolute atomic E-state index is 0.263. The van der Waals surface area contributed by atoms with E-state index in [9.17, 15) is 14.7 Å². The van der Waals surface area contributed by atoms with Gasteiger partial charge in [-0.05, 0) is 13.3 Å². The van der Waals surface area contributed by atoms with Crippen LogP contribution in [0.2, 0.25) is 0 Å². The number of nitrogens with zero attached hydrogens (tertiary/aromatic N) is 1. The van der Waals surface area contributed by atoms with E-state index in [1.165, 1.54) is 0 Å². The Hall–Kier alpha value is -0.910. The monoisotopic (exact) mass is 274 g/mol. The van der Waals surface area contributed by atoms with Crippen molar-refractivity contribution in [1.82, 2.24) is 10.2 Å². The van der Waals surface area contributed by atoms with E-state index >= 15 is 0 Å². The maximum absolute atomic E-state index is 12.1. The van der Waals surface area contributed by atoms with E-state index in [1.807, 2.05) is 18.7 Å². The van der Waals surface area contributed by atoms with Gasteiger partial charge in [-0.1, -0.05) is 20.3 Å². The van der Waals surface area contributed by atoms with Crippen LogP contribution in [0.15, 0.2) is 0 Å². The molecule has 1 fully saturated rings. The molecular formula is C12H22N2O3S. The number of aliphatic carboxylic acids is 1. The van der Waals surface area contributed by atoms with Gasteiger partial charge < -0.3 is 15.3 Å². The van der Waals surface area contributed by atoms with Crippen LogP contribution < -0.4 is 5.32 Å². The third-order valence-electron chi connectivity index (χ3n) is 3.13. The molecule has 2 unspecified atom stereocenters. The summed E-state index contributed by atoms with van der Waals surface area (Å²) in [5.41, 5.74) is -1.17. The molecule has 6 heteroatoms. The summed E-state index contributed by atoms with van der Waals surface area (Å²) in [5, 5.41) is 12.3. The largest absolute Gasteiger partial charge is 0.480 e. The highest BCUT2D eigenvalue weighted by atomic mass is 32.2. The van der Waals surface area contributed by atoms with Gasteiger partial charge in [0.25, 0.3) is 0 Å². The fourth-order valence-corrected chi connectivity index (χ4v) is 3.05. The van der Waals surface area contributed by atoms with Gasteiger partial charge in [0.15, 0.2) is 0 Å². The van der Waals surface area contributed by atoms with Gasteiger partial charge in [-0.25, -0.2) is 9.59 Å². The van der Waals surface area contributed by atoms with Crippen LogP contribution in [-0.2, 0) is 4.79 Å². The number of nitrogens with one attached hydrogen (secondary N) is 1. The molecule has 1 heterocycles. The Kier molecular flexibility index (Phi) is 5.31. The number of carbonyl (C=O) groups is 2. The summed E-state index contributed by atoms with van der Waals surface area (Å²) >= 11 is 1.84. The number of urea groups is 1. The van der Waals surface area contributed by atoms with E-state index in [0.717, 1.165) is 12.2 Å². The molecule has 1 aliphatic rings. The average Bonchev–Trinajstić information content (AvgIpc) is 2.29. The second-order valence-electron chi connectivity index (χ2n) is 4.94. The highest BCUT2D eigenvalue weighted by molar-refractivity contribution is 7.99. The third kappa shape index (κ3) is 3.80. The minimum atomic E-state index is -1.17. The number of carboxylic acid groups (broad SMARTS) is 1. The number of thioether (sulfide) groups is 1. The fourth-order valence-electron chi connectivity index (χ4n) is 2.04. The first-order chi connectivity index (χ1) is 8.39. The lowest BCUT2D eigenvalue weighted by molar-refractivity contribution is -0.144. The highest BCUT2D eigenvalue weighted by Crippen LogP contribution is 2.19. The van der Waals surface area contributed by atoms with Gasteiger partial charge in [0, 0.05) is 24.1 Å². The zero-order valence-corrected chi connectivity index (χ0v) is 12.0. The summed E-state index contributed by atoms with van der Waals surface area (Å²) in [6.45, 7) is 6.92. The maximum Gasteiger partial charge on any atom is 0.329 e. The SMILES string of the molecule is CCCC(C)(NC(=O)N1CCSC(C)C1)C(=O)O. The van der Waals surface area contributed by atoms with Gasteiger partial charge in [-0.2, -0.15) is 11.8 Å². The quantitative estimate of drug-likeness (QED) is 0.820. The fraction of sp³-hybridized carbons (Fsp3) is 0.833. The Morgan fingerprint density at radius 3 is 2.72 bits per heavy atom. The Labute approximate surface area is 112 Å². The summed E-state index contributed by atoms with van der Waals surface area (Å²) in [6, 6.07) is -0.263. The molecule has 18 heavy (non-hydrogen) atoms. The predicted molar refractivity (Wildman–Crippen MR) is 73.0 cm³/mol.